The van der Waals surface area contributed by atoms with Gasteiger partial charge in [-0.15, -0.1) is 0 Å². The van der Waals surface area contributed by atoms with Gasteiger partial charge in [0.15, 0.2) is 0 Å². The van der Waals surface area contributed by atoms with Gasteiger partial charge in [-0.25, -0.2) is 0 Å². The second-order valence-corrected chi connectivity index (χ2v) is 5.99. The molecular formula is C16H13Cl3N2O2. The molecule has 2 rings (SSSR count). The number of hydrogen-bond acceptors (Lipinski definition) is 2. The quantitative estimate of drug-likeness (QED) is 0.800. The van der Waals surface area contributed by atoms with Gasteiger partial charge < -0.3 is 10.6 Å². The molecule has 2 aromatic carbocycles. The van der Waals surface area contributed by atoms with Crippen molar-refractivity contribution in [3.8, 4) is 0 Å². The molecule has 0 saturated carbocycles. The lowest BCUT2D eigenvalue weighted by Crippen LogP contribution is -2.36. The first-order valence-corrected chi connectivity index (χ1v) is 7.88. The Balaban J connectivity index is 1.84. The molecule has 4 nitrogen and oxygen atoms in total. The Kier molecular flexibility index (Phi) is 6.28. The van der Waals surface area contributed by atoms with E-state index in [0.29, 0.717) is 28.7 Å². The number of amides is 2. The van der Waals surface area contributed by atoms with Gasteiger partial charge in [0, 0.05) is 16.6 Å². The zero-order chi connectivity index (χ0) is 16.8. The van der Waals surface area contributed by atoms with Crippen LogP contribution in [0.2, 0.25) is 15.1 Å². The van der Waals surface area contributed by atoms with Gasteiger partial charge in [0.05, 0.1) is 10.7 Å². The molecule has 120 valence electrons. The summed E-state index contributed by atoms with van der Waals surface area (Å²) in [5, 5.41) is 6.30. The fraction of sp³-hybridized carbons (Fsp3) is 0.125. The first kappa shape index (κ1) is 17.6. The number of benzene rings is 2. The normalized spacial score (nSPS) is 10.2. The number of carbonyl (C=O) groups is 2. The van der Waals surface area contributed by atoms with Crippen molar-refractivity contribution < 1.29 is 9.59 Å². The van der Waals surface area contributed by atoms with Crippen LogP contribution < -0.4 is 10.6 Å². The van der Waals surface area contributed by atoms with E-state index >= 15 is 0 Å². The first-order valence-electron chi connectivity index (χ1n) is 6.74. The third-order valence-corrected chi connectivity index (χ3v) is 3.76. The Morgan fingerprint density at radius 3 is 2.35 bits per heavy atom. The Morgan fingerprint density at radius 2 is 1.65 bits per heavy atom. The van der Waals surface area contributed by atoms with E-state index in [4.69, 9.17) is 34.8 Å². The van der Waals surface area contributed by atoms with Gasteiger partial charge >= 0.3 is 11.8 Å². The molecule has 0 heterocycles. The molecular weight excluding hydrogens is 359 g/mol. The van der Waals surface area contributed by atoms with Crippen LogP contribution in [0.15, 0.2) is 42.5 Å². The van der Waals surface area contributed by atoms with Gasteiger partial charge in [-0.1, -0.05) is 46.9 Å². The average Bonchev–Trinajstić information content (AvgIpc) is 2.50. The molecule has 0 fully saturated rings. The molecule has 0 aliphatic carbocycles. The smallest absolute Gasteiger partial charge is 0.313 e. The van der Waals surface area contributed by atoms with E-state index in [9.17, 15) is 9.59 Å². The highest BCUT2D eigenvalue weighted by atomic mass is 35.5. The summed E-state index contributed by atoms with van der Waals surface area (Å²) < 4.78 is 0. The Morgan fingerprint density at radius 1 is 0.913 bits per heavy atom. The van der Waals surface area contributed by atoms with Crippen molar-refractivity contribution in [3.05, 3.63) is 63.1 Å². The van der Waals surface area contributed by atoms with Gasteiger partial charge in [0.2, 0.25) is 0 Å². The van der Waals surface area contributed by atoms with Crippen LogP contribution in [0.25, 0.3) is 0 Å². The van der Waals surface area contributed by atoms with Gasteiger partial charge in [-0.3, -0.25) is 9.59 Å². The zero-order valence-electron chi connectivity index (χ0n) is 11.9. The van der Waals surface area contributed by atoms with Crippen molar-refractivity contribution in [1.82, 2.24) is 5.32 Å². The molecule has 0 unspecified atom stereocenters. The van der Waals surface area contributed by atoms with Crippen LogP contribution in [0.4, 0.5) is 5.69 Å². The number of halogens is 3. The van der Waals surface area contributed by atoms with Crippen molar-refractivity contribution in [2.45, 2.75) is 6.42 Å². The van der Waals surface area contributed by atoms with Crippen LogP contribution in [0.5, 0.6) is 0 Å². The van der Waals surface area contributed by atoms with Crippen LogP contribution in [-0.4, -0.2) is 18.4 Å². The number of carbonyl (C=O) groups excluding carboxylic acids is 2. The van der Waals surface area contributed by atoms with Gasteiger partial charge in [0.1, 0.15) is 0 Å². The summed E-state index contributed by atoms with van der Waals surface area (Å²) in [5.74, 6) is -1.53. The van der Waals surface area contributed by atoms with Crippen LogP contribution in [0.3, 0.4) is 0 Å². The number of nitrogens with one attached hydrogen (secondary N) is 2. The lowest BCUT2D eigenvalue weighted by Gasteiger charge is -2.08. The average molecular weight is 372 g/mol. The van der Waals surface area contributed by atoms with Crippen LogP contribution >= 0.6 is 34.8 Å². The fourth-order valence-corrected chi connectivity index (χ4v) is 2.53. The fourth-order valence-electron chi connectivity index (χ4n) is 1.86. The van der Waals surface area contributed by atoms with Crippen LogP contribution in [-0.2, 0) is 16.0 Å². The number of hydrogen-bond donors (Lipinski definition) is 2. The van der Waals surface area contributed by atoms with Crippen LogP contribution in [0, 0.1) is 0 Å². The SMILES string of the molecule is O=C(NCCc1cccc(Cl)c1)C(=O)Nc1ccc(Cl)cc1Cl. The molecule has 2 amide bonds. The van der Waals surface area contributed by atoms with Gasteiger partial charge in [0.25, 0.3) is 0 Å². The molecule has 2 N–H and O–H groups in total. The highest BCUT2D eigenvalue weighted by Crippen LogP contribution is 2.25. The van der Waals surface area contributed by atoms with E-state index in [-0.39, 0.29) is 5.02 Å². The van der Waals surface area contributed by atoms with Gasteiger partial charge in [-0.05, 0) is 42.3 Å². The minimum Gasteiger partial charge on any atom is -0.347 e. The minimum atomic E-state index is -0.791. The summed E-state index contributed by atoms with van der Waals surface area (Å²) in [6, 6.07) is 11.9. The second kappa shape index (κ2) is 8.20. The second-order valence-electron chi connectivity index (χ2n) is 4.71. The molecule has 0 atom stereocenters. The van der Waals surface area contributed by atoms with Crippen molar-refractivity contribution in [1.29, 1.82) is 0 Å². The summed E-state index contributed by atoms with van der Waals surface area (Å²) >= 11 is 17.6. The minimum absolute atomic E-state index is 0.262. The summed E-state index contributed by atoms with van der Waals surface area (Å²) in [4.78, 5) is 23.6. The van der Waals surface area contributed by atoms with E-state index in [1.54, 1.807) is 18.2 Å². The Bertz CT molecular complexity index is 735. The standard InChI is InChI=1S/C16H13Cl3N2O2/c17-11-3-1-2-10(8-11)6-7-20-15(22)16(23)21-14-5-4-12(18)9-13(14)19/h1-5,8-9H,6-7H2,(H,20,22)(H,21,23). The van der Waals surface area contributed by atoms with Crippen molar-refractivity contribution >= 4 is 52.3 Å². The van der Waals surface area contributed by atoms with E-state index in [2.05, 4.69) is 10.6 Å². The van der Waals surface area contributed by atoms with E-state index in [0.717, 1.165) is 5.56 Å². The van der Waals surface area contributed by atoms with Crippen LogP contribution in [0.1, 0.15) is 5.56 Å². The predicted octanol–water partition coefficient (Wildman–Crippen LogP) is 3.94. The van der Waals surface area contributed by atoms with E-state index < -0.39 is 11.8 Å². The number of anilines is 1. The maximum absolute atomic E-state index is 11.8. The first-order chi connectivity index (χ1) is 11.0. The Labute approximate surface area is 148 Å². The van der Waals surface area contributed by atoms with Crippen molar-refractivity contribution in [3.63, 3.8) is 0 Å². The molecule has 0 aromatic heterocycles. The molecule has 0 bridgehead atoms. The topological polar surface area (TPSA) is 58.2 Å². The third-order valence-electron chi connectivity index (χ3n) is 2.97. The zero-order valence-corrected chi connectivity index (χ0v) is 14.2. The third kappa shape index (κ3) is 5.43. The molecule has 2 aromatic rings. The monoisotopic (exact) mass is 370 g/mol. The van der Waals surface area contributed by atoms with E-state index in [1.165, 1.54) is 12.1 Å². The molecule has 23 heavy (non-hydrogen) atoms. The lowest BCUT2D eigenvalue weighted by molar-refractivity contribution is -0.136. The molecule has 0 saturated heterocycles. The largest absolute Gasteiger partial charge is 0.347 e. The molecule has 0 radical (unpaired) electrons. The van der Waals surface area contributed by atoms with Crippen molar-refractivity contribution in [2.75, 3.05) is 11.9 Å². The maximum Gasteiger partial charge on any atom is 0.313 e. The molecule has 7 heteroatoms. The summed E-state index contributed by atoms with van der Waals surface area (Å²) in [5.41, 5.74) is 1.30. The van der Waals surface area contributed by atoms with Gasteiger partial charge in [-0.2, -0.15) is 0 Å². The summed E-state index contributed by atoms with van der Waals surface area (Å²) in [6.45, 7) is 0.320. The highest BCUT2D eigenvalue weighted by molar-refractivity contribution is 6.42. The van der Waals surface area contributed by atoms with E-state index in [1.807, 2.05) is 12.1 Å². The maximum atomic E-state index is 11.8. The number of rotatable bonds is 4. The van der Waals surface area contributed by atoms with Crippen molar-refractivity contribution in [2.24, 2.45) is 0 Å². The molecule has 0 aliphatic rings. The summed E-state index contributed by atoms with van der Waals surface area (Å²) in [7, 11) is 0. The highest BCUT2D eigenvalue weighted by Gasteiger charge is 2.14. The predicted molar refractivity (Wildman–Crippen MR) is 93.3 cm³/mol. The molecule has 0 spiro atoms. The Hall–Kier alpha value is -1.75. The lowest BCUT2D eigenvalue weighted by atomic mass is 10.1. The summed E-state index contributed by atoms with van der Waals surface area (Å²) in [6.07, 6.45) is 0.571. The molecule has 0 aliphatic heterocycles.